The van der Waals surface area contributed by atoms with Crippen molar-refractivity contribution in [3.05, 3.63) is 17.5 Å². The summed E-state index contributed by atoms with van der Waals surface area (Å²) in [5.74, 6) is 0.128. The van der Waals surface area contributed by atoms with Crippen molar-refractivity contribution in [1.29, 1.82) is 0 Å². The van der Waals surface area contributed by atoms with Gasteiger partial charge in [0.05, 0.1) is 11.3 Å². The van der Waals surface area contributed by atoms with Crippen LogP contribution in [-0.4, -0.2) is 33.4 Å². The molecule has 0 aliphatic rings. The number of carbonyl (C=O) groups is 1. The lowest BCUT2D eigenvalue weighted by atomic mass is 10.0. The summed E-state index contributed by atoms with van der Waals surface area (Å²) in [7, 11) is 0. The van der Waals surface area contributed by atoms with E-state index in [1.807, 2.05) is 34.6 Å². The van der Waals surface area contributed by atoms with E-state index in [4.69, 9.17) is 5.11 Å². The van der Waals surface area contributed by atoms with E-state index in [-0.39, 0.29) is 30.4 Å². The van der Waals surface area contributed by atoms with Crippen LogP contribution in [0.2, 0.25) is 0 Å². The van der Waals surface area contributed by atoms with Gasteiger partial charge in [0.2, 0.25) is 0 Å². The van der Waals surface area contributed by atoms with E-state index in [0.29, 0.717) is 5.56 Å². The largest absolute Gasteiger partial charge is 0.396 e. The van der Waals surface area contributed by atoms with Gasteiger partial charge >= 0.3 is 0 Å². The molecule has 108 valence electrons. The molecule has 1 amide bonds. The molecule has 0 fully saturated rings. The first-order valence-corrected chi connectivity index (χ1v) is 6.89. The highest BCUT2D eigenvalue weighted by Gasteiger charge is 2.21. The number of rotatable bonds is 6. The SMILES string of the molecule is CCn1cc(C(=O)NC(C)C(C)CO)c(C(C)C)n1. The van der Waals surface area contributed by atoms with Crippen LogP contribution >= 0.6 is 0 Å². The Bertz CT molecular complexity index is 426. The second-order valence-corrected chi connectivity index (χ2v) is 5.36. The van der Waals surface area contributed by atoms with Gasteiger partial charge < -0.3 is 10.4 Å². The lowest BCUT2D eigenvalue weighted by Gasteiger charge is -2.19. The third-order valence-electron chi connectivity index (χ3n) is 3.41. The Hall–Kier alpha value is -1.36. The van der Waals surface area contributed by atoms with E-state index in [0.717, 1.165) is 12.2 Å². The van der Waals surface area contributed by atoms with Gasteiger partial charge in [-0.25, -0.2) is 0 Å². The minimum absolute atomic E-state index is 0.0349. The molecule has 0 aliphatic heterocycles. The number of nitrogens with zero attached hydrogens (tertiary/aromatic N) is 2. The second kappa shape index (κ2) is 6.70. The number of hydrogen-bond donors (Lipinski definition) is 2. The molecule has 1 heterocycles. The van der Waals surface area contributed by atoms with E-state index in [2.05, 4.69) is 10.4 Å². The number of nitrogens with one attached hydrogen (secondary N) is 1. The molecule has 1 aromatic rings. The van der Waals surface area contributed by atoms with E-state index >= 15 is 0 Å². The zero-order valence-electron chi connectivity index (χ0n) is 12.5. The Labute approximate surface area is 115 Å². The fraction of sp³-hybridized carbons (Fsp3) is 0.714. The highest BCUT2D eigenvalue weighted by atomic mass is 16.3. The average molecular weight is 267 g/mol. The third kappa shape index (κ3) is 3.80. The van der Waals surface area contributed by atoms with Crippen LogP contribution in [0, 0.1) is 5.92 Å². The molecule has 2 unspecified atom stereocenters. The van der Waals surface area contributed by atoms with Gasteiger partial charge in [0.15, 0.2) is 0 Å². The van der Waals surface area contributed by atoms with Gasteiger partial charge in [-0.2, -0.15) is 5.10 Å². The van der Waals surface area contributed by atoms with Crippen LogP contribution in [-0.2, 0) is 6.54 Å². The zero-order valence-corrected chi connectivity index (χ0v) is 12.5. The van der Waals surface area contributed by atoms with Gasteiger partial charge in [-0.1, -0.05) is 20.8 Å². The van der Waals surface area contributed by atoms with Gasteiger partial charge in [-0.3, -0.25) is 9.48 Å². The zero-order chi connectivity index (χ0) is 14.6. The van der Waals surface area contributed by atoms with Gasteiger partial charge in [-0.05, 0) is 25.7 Å². The predicted octanol–water partition coefficient (Wildman–Crippen LogP) is 1.77. The molecule has 5 heteroatoms. The van der Waals surface area contributed by atoms with Crippen molar-refractivity contribution in [3.63, 3.8) is 0 Å². The Morgan fingerprint density at radius 2 is 2.05 bits per heavy atom. The highest BCUT2D eigenvalue weighted by Crippen LogP contribution is 2.18. The van der Waals surface area contributed by atoms with Crippen LogP contribution < -0.4 is 5.32 Å². The first kappa shape index (κ1) is 15.7. The molecular weight excluding hydrogens is 242 g/mol. The molecule has 0 aliphatic carbocycles. The van der Waals surface area contributed by atoms with E-state index in [1.54, 1.807) is 10.9 Å². The molecule has 5 nitrogen and oxygen atoms in total. The van der Waals surface area contributed by atoms with Gasteiger partial charge in [0.1, 0.15) is 0 Å². The molecule has 2 N–H and O–H groups in total. The van der Waals surface area contributed by atoms with E-state index in [1.165, 1.54) is 0 Å². The summed E-state index contributed by atoms with van der Waals surface area (Å²) in [5.41, 5.74) is 1.46. The maximum absolute atomic E-state index is 12.3. The number of amides is 1. The van der Waals surface area contributed by atoms with Crippen LogP contribution in [0.4, 0.5) is 0 Å². The first-order valence-electron chi connectivity index (χ1n) is 6.89. The van der Waals surface area contributed by atoms with E-state index < -0.39 is 0 Å². The van der Waals surface area contributed by atoms with Crippen LogP contribution in [0.25, 0.3) is 0 Å². The van der Waals surface area contributed by atoms with Crippen LogP contribution in [0.3, 0.4) is 0 Å². The summed E-state index contributed by atoms with van der Waals surface area (Å²) in [6.45, 7) is 10.7. The van der Waals surface area contributed by atoms with Crippen molar-refractivity contribution in [2.75, 3.05) is 6.61 Å². The summed E-state index contributed by atoms with van der Waals surface area (Å²) in [6, 6.07) is -0.0671. The highest BCUT2D eigenvalue weighted by molar-refractivity contribution is 5.95. The monoisotopic (exact) mass is 267 g/mol. The normalized spacial score (nSPS) is 14.5. The molecule has 1 aromatic heterocycles. The van der Waals surface area contributed by atoms with Crippen LogP contribution in [0.1, 0.15) is 56.6 Å². The summed E-state index contributed by atoms with van der Waals surface area (Å²) in [5, 5.41) is 16.5. The molecule has 2 atom stereocenters. The molecular formula is C14H25N3O2. The van der Waals surface area contributed by atoms with Crippen molar-refractivity contribution in [3.8, 4) is 0 Å². The topological polar surface area (TPSA) is 67.2 Å². The average Bonchev–Trinajstić information content (AvgIpc) is 2.81. The maximum Gasteiger partial charge on any atom is 0.254 e. The molecule has 0 saturated heterocycles. The molecule has 0 saturated carbocycles. The second-order valence-electron chi connectivity index (χ2n) is 5.36. The summed E-state index contributed by atoms with van der Waals surface area (Å²) in [6.07, 6.45) is 1.79. The minimum Gasteiger partial charge on any atom is -0.396 e. The lowest BCUT2D eigenvalue weighted by molar-refractivity contribution is 0.0915. The fourth-order valence-corrected chi connectivity index (χ4v) is 1.78. The predicted molar refractivity (Wildman–Crippen MR) is 75.2 cm³/mol. The Morgan fingerprint density at radius 3 is 2.53 bits per heavy atom. The van der Waals surface area contributed by atoms with E-state index in [9.17, 15) is 4.79 Å². The summed E-state index contributed by atoms with van der Waals surface area (Å²) >= 11 is 0. The molecule has 1 rings (SSSR count). The summed E-state index contributed by atoms with van der Waals surface area (Å²) < 4.78 is 1.78. The Balaban J connectivity index is 2.89. The van der Waals surface area contributed by atoms with Gasteiger partial charge in [-0.15, -0.1) is 0 Å². The smallest absolute Gasteiger partial charge is 0.254 e. The number of hydrogen-bond acceptors (Lipinski definition) is 3. The molecule has 0 radical (unpaired) electrons. The third-order valence-corrected chi connectivity index (χ3v) is 3.41. The van der Waals surface area contributed by atoms with Crippen LogP contribution in [0.15, 0.2) is 6.20 Å². The van der Waals surface area contributed by atoms with Crippen molar-refractivity contribution < 1.29 is 9.90 Å². The molecule has 19 heavy (non-hydrogen) atoms. The Kier molecular flexibility index (Phi) is 5.54. The first-order chi connectivity index (χ1) is 8.90. The number of aromatic nitrogens is 2. The quantitative estimate of drug-likeness (QED) is 0.825. The fourth-order valence-electron chi connectivity index (χ4n) is 1.78. The standard InChI is InChI=1S/C14H25N3O2/c1-6-17-7-12(13(16-17)9(2)3)14(19)15-11(5)10(4)8-18/h7,9-11,18H,6,8H2,1-5H3,(H,15,19). The molecule has 0 aromatic carbocycles. The van der Waals surface area contributed by atoms with Crippen molar-refractivity contribution in [2.45, 2.75) is 53.1 Å². The van der Waals surface area contributed by atoms with Crippen molar-refractivity contribution in [2.24, 2.45) is 5.92 Å². The molecule has 0 spiro atoms. The minimum atomic E-state index is -0.115. The maximum atomic E-state index is 12.3. The lowest BCUT2D eigenvalue weighted by Crippen LogP contribution is -2.38. The van der Waals surface area contributed by atoms with Crippen molar-refractivity contribution >= 4 is 5.91 Å². The summed E-state index contributed by atoms with van der Waals surface area (Å²) in [4.78, 5) is 12.3. The number of aryl methyl sites for hydroxylation is 1. The number of carbonyl (C=O) groups excluding carboxylic acids is 1. The van der Waals surface area contributed by atoms with Crippen LogP contribution in [0.5, 0.6) is 0 Å². The number of aliphatic hydroxyl groups is 1. The van der Waals surface area contributed by atoms with Gasteiger partial charge in [0, 0.05) is 25.4 Å². The van der Waals surface area contributed by atoms with Crippen molar-refractivity contribution in [1.82, 2.24) is 15.1 Å². The molecule has 0 bridgehead atoms. The Morgan fingerprint density at radius 1 is 1.42 bits per heavy atom. The number of aliphatic hydroxyl groups excluding tert-OH is 1. The van der Waals surface area contributed by atoms with Gasteiger partial charge in [0.25, 0.3) is 5.91 Å².